The second-order valence-corrected chi connectivity index (χ2v) is 10.5. The summed E-state index contributed by atoms with van der Waals surface area (Å²) >= 11 is 4.25. The number of amides is 1. The summed E-state index contributed by atoms with van der Waals surface area (Å²) in [6.45, 7) is 2.79. The van der Waals surface area contributed by atoms with E-state index in [1.54, 1.807) is 27.4 Å². The number of nitrogens with zero attached hydrogens (tertiary/aromatic N) is 3. The fourth-order valence-electron chi connectivity index (χ4n) is 3.85. The molecule has 0 saturated heterocycles. The maximum Gasteiger partial charge on any atom is 0.263 e. The molecule has 162 valence electrons. The van der Waals surface area contributed by atoms with Gasteiger partial charge in [0.1, 0.15) is 15.9 Å². The molecule has 1 aliphatic rings. The van der Waals surface area contributed by atoms with E-state index >= 15 is 0 Å². The number of carbonyl (C=O) groups is 1. The molecule has 3 heterocycles. The van der Waals surface area contributed by atoms with Crippen molar-refractivity contribution in [3.63, 3.8) is 0 Å². The Bertz CT molecular complexity index is 1200. The lowest BCUT2D eigenvalue weighted by atomic mass is 10.2. The molecule has 31 heavy (non-hydrogen) atoms. The highest BCUT2D eigenvalue weighted by Gasteiger charge is 2.23. The molecule has 0 atom stereocenters. The molecule has 0 saturated carbocycles. The van der Waals surface area contributed by atoms with E-state index in [-0.39, 0.29) is 17.2 Å². The van der Waals surface area contributed by atoms with Gasteiger partial charge in [-0.2, -0.15) is 5.26 Å². The summed E-state index contributed by atoms with van der Waals surface area (Å²) in [6, 6.07) is 3.76. The molecule has 3 aromatic rings. The highest BCUT2D eigenvalue weighted by Crippen LogP contribution is 2.35. The van der Waals surface area contributed by atoms with Crippen molar-refractivity contribution >= 4 is 55.6 Å². The Morgan fingerprint density at radius 2 is 2.23 bits per heavy atom. The van der Waals surface area contributed by atoms with Gasteiger partial charge < -0.3 is 5.32 Å². The fourth-order valence-corrected chi connectivity index (χ4v) is 6.73. The van der Waals surface area contributed by atoms with E-state index in [4.69, 9.17) is 10.2 Å². The van der Waals surface area contributed by atoms with Gasteiger partial charge in [0.15, 0.2) is 5.16 Å². The topological polar surface area (TPSA) is 87.8 Å². The average Bonchev–Trinajstić information content (AvgIpc) is 3.46. The second-order valence-electron chi connectivity index (χ2n) is 7.56. The van der Waals surface area contributed by atoms with E-state index in [0.29, 0.717) is 22.3 Å². The molecule has 0 aliphatic heterocycles. The van der Waals surface area contributed by atoms with Crippen molar-refractivity contribution in [2.24, 2.45) is 0 Å². The standard InChI is InChI=1S/C22H24N4O2S3/c1-2-3-4-5-10-26-21(28)18-15-7-6-8-16(15)31-20(18)25-22(26)30-13-17(27)24-19-14(12-23)9-11-29-19/h9,11H,2-8,10,13H2,1H3,(H,24,27). The third-order valence-electron chi connectivity index (χ3n) is 5.40. The molecule has 0 aromatic carbocycles. The molecule has 0 radical (unpaired) electrons. The van der Waals surface area contributed by atoms with Gasteiger partial charge in [-0.1, -0.05) is 37.9 Å². The van der Waals surface area contributed by atoms with E-state index in [1.807, 2.05) is 0 Å². The first-order chi connectivity index (χ1) is 15.1. The molecule has 6 nitrogen and oxygen atoms in total. The number of nitrogens with one attached hydrogen (secondary N) is 1. The number of fused-ring (bicyclic) bond motifs is 3. The van der Waals surface area contributed by atoms with Gasteiger partial charge in [0.05, 0.1) is 16.7 Å². The Hall–Kier alpha value is -2.15. The predicted octanol–water partition coefficient (Wildman–Crippen LogP) is 5.19. The summed E-state index contributed by atoms with van der Waals surface area (Å²) in [5.74, 6) is -0.0645. The summed E-state index contributed by atoms with van der Waals surface area (Å²) in [7, 11) is 0. The van der Waals surface area contributed by atoms with Crippen LogP contribution in [0, 0.1) is 11.3 Å². The molecule has 0 unspecified atom stereocenters. The maximum atomic E-state index is 13.4. The minimum absolute atomic E-state index is 0.0360. The van der Waals surface area contributed by atoms with Crippen LogP contribution >= 0.6 is 34.4 Å². The van der Waals surface area contributed by atoms with Crippen LogP contribution in [0.25, 0.3) is 10.2 Å². The molecule has 3 aromatic heterocycles. The van der Waals surface area contributed by atoms with E-state index in [1.165, 1.54) is 33.5 Å². The third-order valence-corrected chi connectivity index (χ3v) is 8.39. The van der Waals surface area contributed by atoms with Crippen molar-refractivity contribution in [3.05, 3.63) is 37.8 Å². The monoisotopic (exact) mass is 472 g/mol. The van der Waals surface area contributed by atoms with Crippen molar-refractivity contribution in [2.75, 3.05) is 11.1 Å². The van der Waals surface area contributed by atoms with Crippen molar-refractivity contribution in [1.29, 1.82) is 5.26 Å². The van der Waals surface area contributed by atoms with Gasteiger partial charge in [0.25, 0.3) is 5.56 Å². The zero-order chi connectivity index (χ0) is 21.8. The Balaban J connectivity index is 1.57. The lowest BCUT2D eigenvalue weighted by molar-refractivity contribution is -0.113. The fraction of sp³-hybridized carbons (Fsp3) is 0.455. The zero-order valence-corrected chi connectivity index (χ0v) is 19.9. The van der Waals surface area contributed by atoms with Gasteiger partial charge in [-0.25, -0.2) is 4.98 Å². The van der Waals surface area contributed by atoms with Crippen LogP contribution in [-0.2, 0) is 24.2 Å². The van der Waals surface area contributed by atoms with Crippen molar-refractivity contribution in [2.45, 2.75) is 63.6 Å². The number of anilines is 1. The molecular formula is C22H24N4O2S3. The summed E-state index contributed by atoms with van der Waals surface area (Å²) in [5, 5.41) is 15.7. The summed E-state index contributed by atoms with van der Waals surface area (Å²) < 4.78 is 1.77. The van der Waals surface area contributed by atoms with Gasteiger partial charge in [-0.05, 0) is 42.7 Å². The Labute approximate surface area is 193 Å². The van der Waals surface area contributed by atoms with Crippen LogP contribution in [0.3, 0.4) is 0 Å². The van der Waals surface area contributed by atoms with Gasteiger partial charge in [0.2, 0.25) is 5.91 Å². The van der Waals surface area contributed by atoms with Crippen LogP contribution < -0.4 is 10.9 Å². The third kappa shape index (κ3) is 4.71. The Morgan fingerprint density at radius 1 is 1.35 bits per heavy atom. The molecule has 0 spiro atoms. The van der Waals surface area contributed by atoms with E-state index in [2.05, 4.69) is 18.3 Å². The minimum atomic E-state index is -0.204. The Kier molecular flexibility index (Phi) is 7.10. The number of thioether (sulfide) groups is 1. The van der Waals surface area contributed by atoms with Crippen molar-refractivity contribution < 1.29 is 4.79 Å². The zero-order valence-electron chi connectivity index (χ0n) is 17.4. The van der Waals surface area contributed by atoms with Crippen LogP contribution in [0.15, 0.2) is 21.4 Å². The largest absolute Gasteiger partial charge is 0.316 e. The molecule has 1 N–H and O–H groups in total. The van der Waals surface area contributed by atoms with Crippen LogP contribution in [0.1, 0.15) is 55.0 Å². The van der Waals surface area contributed by atoms with Crippen LogP contribution in [0.5, 0.6) is 0 Å². The van der Waals surface area contributed by atoms with Crippen LogP contribution in [0.2, 0.25) is 0 Å². The second kappa shape index (κ2) is 9.98. The Morgan fingerprint density at radius 3 is 3.03 bits per heavy atom. The van der Waals surface area contributed by atoms with Crippen molar-refractivity contribution in [3.8, 4) is 6.07 Å². The molecule has 0 fully saturated rings. The highest BCUT2D eigenvalue weighted by molar-refractivity contribution is 7.99. The number of thiophene rings is 2. The summed E-state index contributed by atoms with van der Waals surface area (Å²) in [6.07, 6.45) is 7.37. The lowest BCUT2D eigenvalue weighted by Gasteiger charge is -2.12. The molecule has 1 aliphatic carbocycles. The number of hydrogen-bond acceptors (Lipinski definition) is 7. The molecule has 1 amide bonds. The smallest absolute Gasteiger partial charge is 0.263 e. The number of unbranched alkanes of at least 4 members (excludes halogenated alkanes) is 3. The number of carbonyl (C=O) groups excluding carboxylic acids is 1. The number of nitriles is 1. The summed E-state index contributed by atoms with van der Waals surface area (Å²) in [4.78, 5) is 32.8. The SMILES string of the molecule is CCCCCCn1c(SCC(=O)Nc2sccc2C#N)nc2sc3c(c2c1=O)CCC3. The summed E-state index contributed by atoms with van der Waals surface area (Å²) in [5.41, 5.74) is 1.69. The number of aryl methyl sites for hydroxylation is 2. The number of hydrogen-bond donors (Lipinski definition) is 1. The lowest BCUT2D eigenvalue weighted by Crippen LogP contribution is -2.24. The van der Waals surface area contributed by atoms with Gasteiger partial charge in [-0.15, -0.1) is 22.7 Å². The van der Waals surface area contributed by atoms with E-state index < -0.39 is 0 Å². The average molecular weight is 473 g/mol. The number of aromatic nitrogens is 2. The first-order valence-electron chi connectivity index (χ1n) is 10.6. The maximum absolute atomic E-state index is 13.4. The normalized spacial score (nSPS) is 12.8. The highest BCUT2D eigenvalue weighted by atomic mass is 32.2. The first-order valence-corrected chi connectivity index (χ1v) is 13.3. The molecular weight excluding hydrogens is 448 g/mol. The number of rotatable bonds is 9. The quantitative estimate of drug-likeness (QED) is 0.263. The van der Waals surface area contributed by atoms with E-state index in [0.717, 1.165) is 55.2 Å². The molecule has 0 bridgehead atoms. The van der Waals surface area contributed by atoms with Crippen molar-refractivity contribution in [1.82, 2.24) is 9.55 Å². The first kappa shape index (κ1) is 22.1. The van der Waals surface area contributed by atoms with Gasteiger partial charge in [0, 0.05) is 11.4 Å². The predicted molar refractivity (Wildman–Crippen MR) is 128 cm³/mol. The van der Waals surface area contributed by atoms with Crippen LogP contribution in [0.4, 0.5) is 5.00 Å². The molecule has 9 heteroatoms. The molecule has 4 rings (SSSR count). The van der Waals surface area contributed by atoms with E-state index in [9.17, 15) is 9.59 Å². The van der Waals surface area contributed by atoms with Gasteiger partial charge >= 0.3 is 0 Å². The van der Waals surface area contributed by atoms with Crippen LogP contribution in [-0.4, -0.2) is 21.2 Å². The minimum Gasteiger partial charge on any atom is -0.316 e. The van der Waals surface area contributed by atoms with Gasteiger partial charge in [-0.3, -0.25) is 14.2 Å².